The van der Waals surface area contributed by atoms with Gasteiger partial charge in [-0.1, -0.05) is 20.8 Å². The predicted octanol–water partition coefficient (Wildman–Crippen LogP) is 0.286. The van der Waals surface area contributed by atoms with Crippen molar-refractivity contribution in [3.8, 4) is 0 Å². The van der Waals surface area contributed by atoms with Gasteiger partial charge in [-0.15, -0.1) is 0 Å². The molecule has 0 aromatic carbocycles. The lowest BCUT2D eigenvalue weighted by atomic mass is 10.5. The molecule has 3 N–H and O–H groups in total. The van der Waals surface area contributed by atoms with Crippen LogP contribution in [0.2, 0.25) is 0 Å². The van der Waals surface area contributed by atoms with E-state index in [1.165, 1.54) is 0 Å². The summed E-state index contributed by atoms with van der Waals surface area (Å²) in [4.78, 5) is 6.86. The third kappa shape index (κ3) is 8.65. The molecule has 0 unspecified atom stereocenters. The summed E-state index contributed by atoms with van der Waals surface area (Å²) in [5, 5.41) is 3.16. The molecule has 0 aliphatic carbocycles. The maximum Gasteiger partial charge on any atom is 0.336 e. The van der Waals surface area contributed by atoms with Crippen molar-refractivity contribution in [3.05, 3.63) is 0 Å². The van der Waals surface area contributed by atoms with E-state index in [0.717, 1.165) is 32.5 Å². The Morgan fingerprint density at radius 3 is 2.00 bits per heavy atom. The SMILES string of the molecule is CCCN[SiH](NCCC)OCNCC. The van der Waals surface area contributed by atoms with Crippen LogP contribution in [0.3, 0.4) is 0 Å². The van der Waals surface area contributed by atoms with E-state index in [0.29, 0.717) is 6.73 Å². The second kappa shape index (κ2) is 11.1. The summed E-state index contributed by atoms with van der Waals surface area (Å²) in [5.74, 6) is 0. The van der Waals surface area contributed by atoms with Crippen LogP contribution in [0.25, 0.3) is 0 Å². The molecular formula is C9H25N3OSi. The van der Waals surface area contributed by atoms with Crippen LogP contribution in [-0.2, 0) is 4.43 Å². The maximum atomic E-state index is 5.69. The van der Waals surface area contributed by atoms with Crippen molar-refractivity contribution in [1.29, 1.82) is 0 Å². The molecule has 4 nitrogen and oxygen atoms in total. The van der Waals surface area contributed by atoms with Crippen LogP contribution >= 0.6 is 0 Å². The first kappa shape index (κ1) is 14.1. The Morgan fingerprint density at radius 2 is 1.57 bits per heavy atom. The zero-order valence-corrected chi connectivity index (χ0v) is 10.9. The third-order valence-corrected chi connectivity index (χ3v) is 3.58. The summed E-state index contributed by atoms with van der Waals surface area (Å²) in [6.45, 7) is 10.1. The number of hydrogen-bond donors (Lipinski definition) is 3. The van der Waals surface area contributed by atoms with Crippen molar-refractivity contribution in [2.24, 2.45) is 0 Å². The molecule has 14 heavy (non-hydrogen) atoms. The van der Waals surface area contributed by atoms with Crippen molar-refractivity contribution >= 4 is 9.36 Å². The quantitative estimate of drug-likeness (QED) is 0.281. The summed E-state index contributed by atoms with van der Waals surface area (Å²) in [6.07, 6.45) is 2.31. The van der Waals surface area contributed by atoms with Crippen molar-refractivity contribution in [3.63, 3.8) is 0 Å². The summed E-state index contributed by atoms with van der Waals surface area (Å²) in [6, 6.07) is 0. The van der Waals surface area contributed by atoms with Crippen LogP contribution in [0.4, 0.5) is 0 Å². The van der Waals surface area contributed by atoms with E-state index < -0.39 is 9.36 Å². The van der Waals surface area contributed by atoms with E-state index in [-0.39, 0.29) is 0 Å². The zero-order chi connectivity index (χ0) is 10.6. The first-order valence-electron chi connectivity index (χ1n) is 5.64. The van der Waals surface area contributed by atoms with Crippen molar-refractivity contribution < 1.29 is 4.43 Å². The maximum absolute atomic E-state index is 5.69. The second-order valence-electron chi connectivity index (χ2n) is 3.20. The first-order valence-corrected chi connectivity index (χ1v) is 7.26. The van der Waals surface area contributed by atoms with Gasteiger partial charge in [0.05, 0.1) is 6.73 Å². The lowest BCUT2D eigenvalue weighted by molar-refractivity contribution is 0.273. The van der Waals surface area contributed by atoms with Crippen LogP contribution in [-0.4, -0.2) is 35.7 Å². The Balaban J connectivity index is 3.49. The standard InChI is InChI=1S/C9H25N3OSi/c1-4-7-11-14(12-8-5-2)13-9-10-6-3/h10-12,14H,4-9H2,1-3H3. The largest absolute Gasteiger partial charge is 0.381 e. The smallest absolute Gasteiger partial charge is 0.336 e. The molecule has 0 amide bonds. The number of hydrogen-bond acceptors (Lipinski definition) is 4. The molecular weight excluding hydrogens is 194 g/mol. The van der Waals surface area contributed by atoms with E-state index in [9.17, 15) is 0 Å². The molecule has 0 aliphatic heterocycles. The topological polar surface area (TPSA) is 45.3 Å². The third-order valence-electron chi connectivity index (χ3n) is 1.76. The van der Waals surface area contributed by atoms with Crippen LogP contribution in [0.1, 0.15) is 33.6 Å². The molecule has 0 heterocycles. The van der Waals surface area contributed by atoms with Crippen LogP contribution in [0.15, 0.2) is 0 Å². The zero-order valence-electron chi connectivity index (χ0n) is 9.73. The van der Waals surface area contributed by atoms with E-state index in [4.69, 9.17) is 4.43 Å². The van der Waals surface area contributed by atoms with E-state index in [1.54, 1.807) is 0 Å². The fourth-order valence-corrected chi connectivity index (χ4v) is 2.75. The van der Waals surface area contributed by atoms with Crippen molar-refractivity contribution in [2.75, 3.05) is 26.4 Å². The van der Waals surface area contributed by atoms with Crippen LogP contribution < -0.4 is 15.3 Å². The van der Waals surface area contributed by atoms with Gasteiger partial charge in [-0.3, -0.25) is 5.32 Å². The van der Waals surface area contributed by atoms with E-state index >= 15 is 0 Å². The molecule has 5 heteroatoms. The predicted molar refractivity (Wildman–Crippen MR) is 63.4 cm³/mol. The van der Waals surface area contributed by atoms with Gasteiger partial charge in [-0.2, -0.15) is 0 Å². The molecule has 0 bridgehead atoms. The van der Waals surface area contributed by atoms with Gasteiger partial charge in [0.15, 0.2) is 0 Å². The molecule has 0 aliphatic rings. The normalized spacial score (nSPS) is 11.1. The van der Waals surface area contributed by atoms with Gasteiger partial charge in [0.25, 0.3) is 0 Å². The highest BCUT2D eigenvalue weighted by atomic mass is 28.3. The average molecular weight is 219 g/mol. The monoisotopic (exact) mass is 219 g/mol. The Hall–Kier alpha value is 0.0569. The molecule has 0 atom stereocenters. The lowest BCUT2D eigenvalue weighted by Crippen LogP contribution is -2.51. The summed E-state index contributed by atoms with van der Waals surface area (Å²) in [5.41, 5.74) is 0. The second-order valence-corrected chi connectivity index (χ2v) is 5.11. The Morgan fingerprint density at radius 1 is 1.00 bits per heavy atom. The Kier molecular flexibility index (Phi) is 11.2. The van der Waals surface area contributed by atoms with Crippen molar-refractivity contribution in [1.82, 2.24) is 15.3 Å². The highest BCUT2D eigenvalue weighted by Gasteiger charge is 2.08. The molecule has 0 aromatic heterocycles. The van der Waals surface area contributed by atoms with Gasteiger partial charge in [-0.25, -0.2) is 0 Å². The van der Waals surface area contributed by atoms with Gasteiger partial charge in [0, 0.05) is 0 Å². The molecule has 0 saturated heterocycles. The summed E-state index contributed by atoms with van der Waals surface area (Å²) < 4.78 is 5.69. The lowest BCUT2D eigenvalue weighted by Gasteiger charge is -2.18. The molecule has 0 saturated carbocycles. The van der Waals surface area contributed by atoms with Gasteiger partial charge in [-0.05, 0) is 32.5 Å². The highest BCUT2D eigenvalue weighted by Crippen LogP contribution is 1.80. The average Bonchev–Trinajstić information content (AvgIpc) is 2.21. The molecule has 0 spiro atoms. The number of nitrogens with one attached hydrogen (secondary N) is 3. The fourth-order valence-electron chi connectivity index (χ4n) is 0.985. The molecule has 86 valence electrons. The first-order chi connectivity index (χ1) is 6.85. The Labute approximate surface area is 89.7 Å². The Bertz CT molecular complexity index is 108. The van der Waals surface area contributed by atoms with Gasteiger partial charge >= 0.3 is 9.36 Å². The minimum atomic E-state index is -1.36. The van der Waals surface area contributed by atoms with Crippen LogP contribution in [0, 0.1) is 0 Å². The summed E-state index contributed by atoms with van der Waals surface area (Å²) >= 11 is 0. The van der Waals surface area contributed by atoms with E-state index in [1.807, 2.05) is 0 Å². The van der Waals surface area contributed by atoms with Gasteiger partial charge in [0.1, 0.15) is 0 Å². The van der Waals surface area contributed by atoms with Crippen molar-refractivity contribution in [2.45, 2.75) is 33.6 Å². The van der Waals surface area contributed by atoms with Gasteiger partial charge < -0.3 is 14.4 Å². The number of rotatable bonds is 10. The van der Waals surface area contributed by atoms with Gasteiger partial charge in [0.2, 0.25) is 0 Å². The fraction of sp³-hybridized carbons (Fsp3) is 1.00. The van der Waals surface area contributed by atoms with Crippen LogP contribution in [0.5, 0.6) is 0 Å². The highest BCUT2D eigenvalue weighted by molar-refractivity contribution is 6.45. The summed E-state index contributed by atoms with van der Waals surface area (Å²) in [7, 11) is -1.36. The molecule has 0 fully saturated rings. The minimum Gasteiger partial charge on any atom is -0.381 e. The van der Waals surface area contributed by atoms with E-state index in [2.05, 4.69) is 36.1 Å². The molecule has 0 radical (unpaired) electrons. The molecule has 0 aromatic rings. The minimum absolute atomic E-state index is 0.654. The molecule has 0 rings (SSSR count).